The molecule has 1 amide bonds. The van der Waals surface area contributed by atoms with E-state index in [4.69, 9.17) is 15.2 Å². The predicted octanol–water partition coefficient (Wildman–Crippen LogP) is 1.71. The van der Waals surface area contributed by atoms with E-state index in [1.807, 2.05) is 0 Å². The Bertz CT molecular complexity index is 602. The molecule has 3 N–H and O–H groups in total. The number of nitrogens with zero attached hydrogens (tertiary/aromatic N) is 1. The van der Waals surface area contributed by atoms with Gasteiger partial charge in [0.15, 0.2) is 0 Å². The minimum atomic E-state index is -0.727. The average molecular weight is 364 g/mol. The molecule has 0 aromatic heterocycles. The van der Waals surface area contributed by atoms with Crippen LogP contribution in [-0.4, -0.2) is 53.9 Å². The Hall–Kier alpha value is -2.12. The van der Waals surface area contributed by atoms with Crippen LogP contribution >= 0.6 is 0 Å². The first-order valence-corrected chi connectivity index (χ1v) is 9.01. The lowest BCUT2D eigenvalue weighted by molar-refractivity contribution is -0.148. The summed E-state index contributed by atoms with van der Waals surface area (Å²) < 4.78 is 10.5. The van der Waals surface area contributed by atoms with Crippen molar-refractivity contribution in [3.8, 4) is 5.75 Å². The van der Waals surface area contributed by atoms with Crippen LogP contribution in [0.25, 0.3) is 0 Å². The normalized spacial score (nSPS) is 18.5. The molecule has 1 aliphatic rings. The van der Waals surface area contributed by atoms with Gasteiger partial charge in [-0.15, -0.1) is 0 Å². The molecule has 0 saturated carbocycles. The van der Waals surface area contributed by atoms with Gasteiger partial charge >= 0.3 is 12.1 Å². The molecule has 7 nitrogen and oxygen atoms in total. The first-order valence-electron chi connectivity index (χ1n) is 9.01. The molecule has 1 aliphatic heterocycles. The molecule has 144 valence electrons. The second-order valence-electron chi connectivity index (χ2n) is 6.95. The third kappa shape index (κ3) is 6.00. The zero-order valence-corrected chi connectivity index (χ0v) is 15.4. The fourth-order valence-electron chi connectivity index (χ4n) is 2.90. The number of likely N-dealkylation sites (tertiary alicyclic amines) is 1. The molecule has 7 heteroatoms. The Balaban J connectivity index is 1.87. The molecule has 1 unspecified atom stereocenters. The van der Waals surface area contributed by atoms with Crippen molar-refractivity contribution in [1.82, 2.24) is 4.90 Å². The third-order valence-electron chi connectivity index (χ3n) is 4.27. The quantitative estimate of drug-likeness (QED) is 0.745. The average Bonchev–Trinajstić information content (AvgIpc) is 2.62. The molecular weight excluding hydrogens is 336 g/mol. The van der Waals surface area contributed by atoms with Crippen molar-refractivity contribution < 1.29 is 24.2 Å². The van der Waals surface area contributed by atoms with Crippen LogP contribution in [-0.2, 0) is 16.0 Å². The number of hydrogen-bond donors (Lipinski definition) is 2. The molecule has 1 heterocycles. The number of hydrogen-bond acceptors (Lipinski definition) is 6. The Morgan fingerprint density at radius 3 is 2.62 bits per heavy atom. The lowest BCUT2D eigenvalue weighted by Gasteiger charge is -2.30. The van der Waals surface area contributed by atoms with Gasteiger partial charge in [-0.3, -0.25) is 4.79 Å². The molecular formula is C19H28N2O5. The number of carbonyl (C=O) groups is 2. The van der Waals surface area contributed by atoms with Crippen molar-refractivity contribution in [2.24, 2.45) is 11.7 Å². The summed E-state index contributed by atoms with van der Waals surface area (Å²) in [4.78, 5) is 25.6. The second-order valence-corrected chi connectivity index (χ2v) is 6.95. The molecule has 0 spiro atoms. The smallest absolute Gasteiger partial charge is 0.415 e. The first kappa shape index (κ1) is 20.2. The minimum Gasteiger partial charge on any atom is -0.462 e. The fraction of sp³-hybridized carbons (Fsp3) is 0.579. The van der Waals surface area contributed by atoms with Gasteiger partial charge in [0, 0.05) is 19.7 Å². The van der Waals surface area contributed by atoms with E-state index >= 15 is 0 Å². The number of carbonyl (C=O) groups excluding carboxylic acids is 2. The van der Waals surface area contributed by atoms with Gasteiger partial charge in [0.05, 0.1) is 6.10 Å². The standard InChI is InChI=1S/C19H28N2O5/c1-13(2)25-18(23)17(20)10-14-5-7-16(8-6-14)26-19(24)21-9-3-4-15(11-21)12-22/h5-8,13,15,17,22H,3-4,9-12,20H2,1-2H3/t15?,17-/m0/s1. The largest absolute Gasteiger partial charge is 0.462 e. The molecule has 1 aromatic carbocycles. The SMILES string of the molecule is CC(C)OC(=O)[C@@H](N)Cc1ccc(OC(=O)N2CCCC(CO)C2)cc1. The number of piperidine rings is 1. The maximum absolute atomic E-state index is 12.2. The second kappa shape index (κ2) is 9.54. The van der Waals surface area contributed by atoms with Crippen LogP contribution in [0.2, 0.25) is 0 Å². The summed E-state index contributed by atoms with van der Waals surface area (Å²) in [5.41, 5.74) is 6.71. The molecule has 0 aliphatic carbocycles. The molecule has 0 radical (unpaired) electrons. The first-order chi connectivity index (χ1) is 12.4. The molecule has 26 heavy (non-hydrogen) atoms. The summed E-state index contributed by atoms with van der Waals surface area (Å²) in [6.45, 7) is 4.79. The highest BCUT2D eigenvalue weighted by molar-refractivity contribution is 5.76. The number of rotatable bonds is 6. The molecule has 0 bridgehead atoms. The Morgan fingerprint density at radius 1 is 1.31 bits per heavy atom. The van der Waals surface area contributed by atoms with Crippen molar-refractivity contribution in [3.63, 3.8) is 0 Å². The van der Waals surface area contributed by atoms with E-state index < -0.39 is 18.1 Å². The van der Waals surface area contributed by atoms with E-state index in [0.29, 0.717) is 25.3 Å². The predicted molar refractivity (Wildman–Crippen MR) is 96.8 cm³/mol. The topological polar surface area (TPSA) is 102 Å². The zero-order chi connectivity index (χ0) is 19.1. The van der Waals surface area contributed by atoms with Crippen LogP contribution in [0, 0.1) is 5.92 Å². The van der Waals surface area contributed by atoms with Crippen LogP contribution in [0.5, 0.6) is 5.75 Å². The van der Waals surface area contributed by atoms with E-state index in [9.17, 15) is 14.7 Å². The maximum atomic E-state index is 12.2. The van der Waals surface area contributed by atoms with E-state index in [1.165, 1.54) is 0 Å². The van der Waals surface area contributed by atoms with Crippen LogP contribution in [0.15, 0.2) is 24.3 Å². The van der Waals surface area contributed by atoms with Gasteiger partial charge in [-0.2, -0.15) is 0 Å². The van der Waals surface area contributed by atoms with Gasteiger partial charge in [0.25, 0.3) is 0 Å². The number of benzene rings is 1. The zero-order valence-electron chi connectivity index (χ0n) is 15.4. The summed E-state index contributed by atoms with van der Waals surface area (Å²) in [7, 11) is 0. The van der Waals surface area contributed by atoms with Crippen molar-refractivity contribution in [1.29, 1.82) is 0 Å². The van der Waals surface area contributed by atoms with Gasteiger partial charge in [-0.1, -0.05) is 12.1 Å². The summed E-state index contributed by atoms with van der Waals surface area (Å²) in [5, 5.41) is 9.25. The maximum Gasteiger partial charge on any atom is 0.415 e. The Labute approximate surface area is 154 Å². The number of nitrogens with two attached hydrogens (primary N) is 1. The lowest BCUT2D eigenvalue weighted by Crippen LogP contribution is -2.42. The molecule has 2 atom stereocenters. The third-order valence-corrected chi connectivity index (χ3v) is 4.27. The van der Waals surface area contributed by atoms with Crippen LogP contribution in [0.4, 0.5) is 4.79 Å². The highest BCUT2D eigenvalue weighted by Gasteiger charge is 2.24. The van der Waals surface area contributed by atoms with Gasteiger partial charge < -0.3 is 25.2 Å². The van der Waals surface area contributed by atoms with E-state index in [0.717, 1.165) is 18.4 Å². The highest BCUT2D eigenvalue weighted by Crippen LogP contribution is 2.19. The Morgan fingerprint density at radius 2 is 2.00 bits per heavy atom. The minimum absolute atomic E-state index is 0.0813. The van der Waals surface area contributed by atoms with Crippen LogP contribution in [0.3, 0.4) is 0 Å². The highest BCUT2D eigenvalue weighted by atomic mass is 16.6. The number of esters is 1. The van der Waals surface area contributed by atoms with Crippen molar-refractivity contribution in [2.45, 2.75) is 45.3 Å². The van der Waals surface area contributed by atoms with Crippen molar-refractivity contribution >= 4 is 12.1 Å². The van der Waals surface area contributed by atoms with Gasteiger partial charge in [0.1, 0.15) is 11.8 Å². The number of ether oxygens (including phenoxy) is 2. The summed E-state index contributed by atoms with van der Waals surface area (Å²) in [6.07, 6.45) is 1.53. The molecule has 1 saturated heterocycles. The summed E-state index contributed by atoms with van der Waals surface area (Å²) >= 11 is 0. The number of amides is 1. The summed E-state index contributed by atoms with van der Waals surface area (Å²) in [5.74, 6) is 0.119. The molecule has 2 rings (SSSR count). The van der Waals surface area contributed by atoms with Crippen molar-refractivity contribution in [2.75, 3.05) is 19.7 Å². The Kier molecular flexibility index (Phi) is 7.41. The lowest BCUT2D eigenvalue weighted by atomic mass is 10.00. The van der Waals surface area contributed by atoms with Crippen LogP contribution in [0.1, 0.15) is 32.3 Å². The van der Waals surface area contributed by atoms with Crippen LogP contribution < -0.4 is 10.5 Å². The van der Waals surface area contributed by atoms with E-state index in [-0.39, 0.29) is 18.6 Å². The molecule has 1 fully saturated rings. The number of aliphatic hydroxyl groups excluding tert-OH is 1. The van der Waals surface area contributed by atoms with E-state index in [2.05, 4.69) is 0 Å². The van der Waals surface area contributed by atoms with Gasteiger partial charge in [0.2, 0.25) is 0 Å². The van der Waals surface area contributed by atoms with Crippen molar-refractivity contribution in [3.05, 3.63) is 29.8 Å². The number of aliphatic hydroxyl groups is 1. The van der Waals surface area contributed by atoms with E-state index in [1.54, 1.807) is 43.0 Å². The fourth-order valence-corrected chi connectivity index (χ4v) is 2.90. The summed E-state index contributed by atoms with van der Waals surface area (Å²) in [6, 6.07) is 6.19. The monoisotopic (exact) mass is 364 g/mol. The molecule has 1 aromatic rings. The van der Waals surface area contributed by atoms with Gasteiger partial charge in [-0.05, 0) is 56.7 Å². The van der Waals surface area contributed by atoms with Gasteiger partial charge in [-0.25, -0.2) is 4.79 Å².